The van der Waals surface area contributed by atoms with Crippen molar-refractivity contribution in [3.63, 3.8) is 0 Å². The van der Waals surface area contributed by atoms with Crippen LogP contribution in [0.4, 0.5) is 5.69 Å². The molecule has 21 heavy (non-hydrogen) atoms. The summed E-state index contributed by atoms with van der Waals surface area (Å²) >= 11 is 5.50. The van der Waals surface area contributed by atoms with Gasteiger partial charge in [0.15, 0.2) is 5.11 Å². The topological polar surface area (TPSA) is 33.1 Å². The van der Waals surface area contributed by atoms with Gasteiger partial charge in [0.05, 0.1) is 6.20 Å². The van der Waals surface area contributed by atoms with Crippen molar-refractivity contribution in [3.05, 3.63) is 46.8 Å². The van der Waals surface area contributed by atoms with Crippen LogP contribution in [0.25, 0.3) is 0 Å². The third kappa shape index (κ3) is 3.42. The normalized spacial score (nSPS) is 10.5. The van der Waals surface area contributed by atoms with Crippen molar-refractivity contribution >= 4 is 23.0 Å². The Kier molecular flexibility index (Phi) is 4.63. The van der Waals surface area contributed by atoms with E-state index >= 15 is 0 Å². The fraction of sp³-hybridized carbons (Fsp3) is 0.375. The van der Waals surface area contributed by atoms with Crippen molar-refractivity contribution < 1.29 is 0 Å². The Morgan fingerprint density at radius 1 is 1.33 bits per heavy atom. The zero-order valence-corrected chi connectivity index (χ0v) is 14.1. The van der Waals surface area contributed by atoms with E-state index in [0.717, 1.165) is 17.9 Å². The predicted octanol–water partition coefficient (Wildman–Crippen LogP) is 3.17. The molecule has 1 N–H and O–H groups in total. The lowest BCUT2D eigenvalue weighted by atomic mass is 10.1. The molecule has 112 valence electrons. The first kappa shape index (κ1) is 15.5. The van der Waals surface area contributed by atoms with E-state index in [0.29, 0.717) is 5.11 Å². The summed E-state index contributed by atoms with van der Waals surface area (Å²) in [6, 6.07) is 6.20. The lowest BCUT2D eigenvalue weighted by Crippen LogP contribution is -2.31. The minimum atomic E-state index is 0.715. The molecular weight excluding hydrogens is 280 g/mol. The van der Waals surface area contributed by atoms with E-state index < -0.39 is 0 Å². The second-order valence-corrected chi connectivity index (χ2v) is 5.80. The van der Waals surface area contributed by atoms with Gasteiger partial charge in [0, 0.05) is 37.6 Å². The number of hydrogen-bond donors (Lipinski definition) is 1. The van der Waals surface area contributed by atoms with Gasteiger partial charge in [0.2, 0.25) is 0 Å². The number of benzene rings is 1. The van der Waals surface area contributed by atoms with Gasteiger partial charge in [-0.15, -0.1) is 0 Å². The molecule has 1 heterocycles. The number of anilines is 1. The third-order valence-corrected chi connectivity index (χ3v) is 4.35. The lowest BCUT2D eigenvalue weighted by molar-refractivity contribution is 0.506. The van der Waals surface area contributed by atoms with E-state index in [1.54, 1.807) is 0 Å². The van der Waals surface area contributed by atoms with E-state index in [4.69, 9.17) is 12.2 Å². The van der Waals surface area contributed by atoms with E-state index in [1.165, 1.54) is 16.7 Å². The molecule has 0 aliphatic heterocycles. The highest BCUT2D eigenvalue weighted by Crippen LogP contribution is 2.19. The summed E-state index contributed by atoms with van der Waals surface area (Å²) in [4.78, 5) is 2.03. The molecule has 0 bridgehead atoms. The van der Waals surface area contributed by atoms with Crippen molar-refractivity contribution in [2.24, 2.45) is 7.05 Å². The quantitative estimate of drug-likeness (QED) is 0.883. The Hall–Kier alpha value is -1.88. The number of thiocarbonyl (C=S) groups is 1. The molecule has 0 saturated carbocycles. The standard InChI is InChI=1S/C16H22N4S/c1-11-7-6-8-15(12(11)2)18-16(21)19(4)10-14-9-17-20(5)13(14)3/h6-9H,10H2,1-5H3,(H,18,21). The van der Waals surface area contributed by atoms with Gasteiger partial charge in [-0.05, 0) is 50.2 Å². The van der Waals surface area contributed by atoms with Crippen LogP contribution < -0.4 is 5.32 Å². The molecule has 0 atom stereocenters. The van der Waals surface area contributed by atoms with E-state index in [1.807, 2.05) is 35.9 Å². The SMILES string of the molecule is Cc1cccc(NC(=S)N(C)Cc2cnn(C)c2C)c1C. The fourth-order valence-electron chi connectivity index (χ4n) is 2.12. The van der Waals surface area contributed by atoms with Crippen molar-refractivity contribution in [2.45, 2.75) is 27.3 Å². The number of aromatic nitrogens is 2. The van der Waals surface area contributed by atoms with Crippen molar-refractivity contribution in [1.82, 2.24) is 14.7 Å². The van der Waals surface area contributed by atoms with Crippen LogP contribution in [0.5, 0.6) is 0 Å². The van der Waals surface area contributed by atoms with Gasteiger partial charge in [0.1, 0.15) is 0 Å². The predicted molar refractivity (Wildman–Crippen MR) is 91.5 cm³/mol. The minimum Gasteiger partial charge on any atom is -0.348 e. The van der Waals surface area contributed by atoms with Gasteiger partial charge in [-0.25, -0.2) is 0 Å². The van der Waals surface area contributed by atoms with Crippen LogP contribution in [0.2, 0.25) is 0 Å². The van der Waals surface area contributed by atoms with Crippen molar-refractivity contribution in [3.8, 4) is 0 Å². The molecule has 0 aliphatic rings. The van der Waals surface area contributed by atoms with E-state index in [9.17, 15) is 0 Å². The first-order chi connectivity index (χ1) is 9.90. The van der Waals surface area contributed by atoms with Gasteiger partial charge in [-0.2, -0.15) is 5.10 Å². The highest BCUT2D eigenvalue weighted by molar-refractivity contribution is 7.80. The average molecular weight is 302 g/mol. The first-order valence-electron chi connectivity index (χ1n) is 6.96. The monoisotopic (exact) mass is 302 g/mol. The minimum absolute atomic E-state index is 0.715. The maximum atomic E-state index is 5.50. The molecular formula is C16H22N4S. The average Bonchev–Trinajstić information content (AvgIpc) is 2.75. The second-order valence-electron chi connectivity index (χ2n) is 5.41. The zero-order chi connectivity index (χ0) is 15.6. The molecule has 0 radical (unpaired) electrons. The molecule has 2 aromatic rings. The molecule has 2 rings (SSSR count). The van der Waals surface area contributed by atoms with Crippen molar-refractivity contribution in [1.29, 1.82) is 0 Å². The highest BCUT2D eigenvalue weighted by Gasteiger charge is 2.11. The van der Waals surface area contributed by atoms with Crippen molar-refractivity contribution in [2.75, 3.05) is 12.4 Å². The Morgan fingerprint density at radius 2 is 2.05 bits per heavy atom. The van der Waals surface area contributed by atoms with Crippen LogP contribution in [-0.2, 0) is 13.6 Å². The second kappa shape index (κ2) is 6.26. The molecule has 0 saturated heterocycles. The molecule has 0 fully saturated rings. The summed E-state index contributed by atoms with van der Waals surface area (Å²) in [5.74, 6) is 0. The number of hydrogen-bond acceptors (Lipinski definition) is 2. The van der Waals surface area contributed by atoms with E-state index in [2.05, 4.69) is 43.3 Å². The number of rotatable bonds is 3. The van der Waals surface area contributed by atoms with Crippen LogP contribution in [0.3, 0.4) is 0 Å². The van der Waals surface area contributed by atoms with E-state index in [-0.39, 0.29) is 0 Å². The number of nitrogens with one attached hydrogen (secondary N) is 1. The van der Waals surface area contributed by atoms with Crippen LogP contribution >= 0.6 is 12.2 Å². The Morgan fingerprint density at radius 3 is 2.67 bits per heavy atom. The Bertz CT molecular complexity index is 660. The van der Waals surface area contributed by atoms with Crippen LogP contribution in [0.1, 0.15) is 22.4 Å². The maximum Gasteiger partial charge on any atom is 0.173 e. The summed E-state index contributed by atoms with van der Waals surface area (Å²) in [6.07, 6.45) is 1.90. The zero-order valence-electron chi connectivity index (χ0n) is 13.3. The Balaban J connectivity index is 2.06. The maximum absolute atomic E-state index is 5.50. The molecule has 0 amide bonds. The summed E-state index contributed by atoms with van der Waals surface area (Å²) < 4.78 is 1.88. The number of nitrogens with zero attached hydrogens (tertiary/aromatic N) is 3. The smallest absolute Gasteiger partial charge is 0.173 e. The summed E-state index contributed by atoms with van der Waals surface area (Å²) in [7, 11) is 3.94. The molecule has 0 unspecified atom stereocenters. The first-order valence-corrected chi connectivity index (χ1v) is 7.36. The molecule has 5 heteroatoms. The van der Waals surface area contributed by atoms with Crippen LogP contribution in [0, 0.1) is 20.8 Å². The summed E-state index contributed by atoms with van der Waals surface area (Å²) in [6.45, 7) is 7.02. The van der Waals surface area contributed by atoms with Crippen LogP contribution in [-0.4, -0.2) is 26.8 Å². The van der Waals surface area contributed by atoms with Gasteiger partial charge < -0.3 is 10.2 Å². The summed E-state index contributed by atoms with van der Waals surface area (Å²) in [5.41, 5.74) is 5.90. The molecule has 0 spiro atoms. The van der Waals surface area contributed by atoms with Crippen LogP contribution in [0.15, 0.2) is 24.4 Å². The molecule has 4 nitrogen and oxygen atoms in total. The fourth-order valence-corrected chi connectivity index (χ4v) is 2.30. The molecule has 1 aromatic carbocycles. The molecule has 0 aliphatic carbocycles. The molecule has 1 aromatic heterocycles. The lowest BCUT2D eigenvalue weighted by Gasteiger charge is -2.22. The largest absolute Gasteiger partial charge is 0.348 e. The van der Waals surface area contributed by atoms with Gasteiger partial charge in [-0.1, -0.05) is 12.1 Å². The third-order valence-electron chi connectivity index (χ3n) is 3.94. The van der Waals surface area contributed by atoms with Gasteiger partial charge in [0.25, 0.3) is 0 Å². The number of aryl methyl sites for hydroxylation is 2. The Labute approximate surface area is 131 Å². The highest BCUT2D eigenvalue weighted by atomic mass is 32.1. The van der Waals surface area contributed by atoms with Gasteiger partial charge in [-0.3, -0.25) is 4.68 Å². The summed E-state index contributed by atoms with van der Waals surface area (Å²) in [5, 5.41) is 8.31. The van der Waals surface area contributed by atoms with Gasteiger partial charge >= 0.3 is 0 Å².